The molecule has 4 rings (SSSR count). The molecule has 0 bridgehead atoms. The van der Waals surface area contributed by atoms with Crippen LogP contribution >= 0.6 is 0 Å². The van der Waals surface area contributed by atoms with Gasteiger partial charge in [0.15, 0.2) is 0 Å². The molecule has 1 fully saturated rings. The van der Waals surface area contributed by atoms with Gasteiger partial charge in [0, 0.05) is 23.1 Å². The lowest BCUT2D eigenvalue weighted by Gasteiger charge is -2.25. The third kappa shape index (κ3) is 3.39. The van der Waals surface area contributed by atoms with E-state index in [4.69, 9.17) is 4.42 Å². The summed E-state index contributed by atoms with van der Waals surface area (Å²) < 4.78 is 7.11. The molecular formula is C22H19N3O5. The SMILES string of the molecule is Cc1cc(C=C2C(=O)NC(=O)N(Cc3ccco3)C2=O)c(C)n1-c1cccc(O)c1. The van der Waals surface area contributed by atoms with Crippen LogP contribution in [0.5, 0.6) is 5.75 Å². The van der Waals surface area contributed by atoms with Crippen molar-refractivity contribution in [1.82, 2.24) is 14.8 Å². The summed E-state index contributed by atoms with van der Waals surface area (Å²) in [6, 6.07) is 11.1. The first kappa shape index (κ1) is 19.3. The van der Waals surface area contributed by atoms with E-state index in [0.717, 1.165) is 22.0 Å². The predicted molar refractivity (Wildman–Crippen MR) is 108 cm³/mol. The normalized spacial score (nSPS) is 15.7. The van der Waals surface area contributed by atoms with Gasteiger partial charge in [-0.15, -0.1) is 0 Å². The lowest BCUT2D eigenvalue weighted by molar-refractivity contribution is -0.130. The molecule has 1 saturated heterocycles. The van der Waals surface area contributed by atoms with E-state index in [1.807, 2.05) is 30.5 Å². The molecule has 3 aromatic rings. The van der Waals surface area contributed by atoms with Gasteiger partial charge in [-0.1, -0.05) is 6.07 Å². The van der Waals surface area contributed by atoms with Gasteiger partial charge in [0.2, 0.25) is 0 Å². The molecule has 1 aliphatic rings. The number of furan rings is 1. The van der Waals surface area contributed by atoms with Gasteiger partial charge in [0.1, 0.15) is 17.1 Å². The van der Waals surface area contributed by atoms with Crippen LogP contribution in [0.1, 0.15) is 22.7 Å². The zero-order valence-electron chi connectivity index (χ0n) is 16.4. The molecule has 0 spiro atoms. The van der Waals surface area contributed by atoms with Gasteiger partial charge in [0.05, 0.1) is 12.8 Å². The number of barbiturate groups is 1. The summed E-state index contributed by atoms with van der Waals surface area (Å²) in [7, 11) is 0. The number of hydrogen-bond donors (Lipinski definition) is 2. The van der Waals surface area contributed by atoms with Gasteiger partial charge in [-0.25, -0.2) is 4.79 Å². The van der Waals surface area contributed by atoms with Crippen LogP contribution in [0.2, 0.25) is 0 Å². The van der Waals surface area contributed by atoms with E-state index in [2.05, 4.69) is 5.32 Å². The van der Waals surface area contributed by atoms with Crippen molar-refractivity contribution in [1.29, 1.82) is 0 Å². The first-order valence-electron chi connectivity index (χ1n) is 9.25. The van der Waals surface area contributed by atoms with Crippen LogP contribution < -0.4 is 5.32 Å². The molecule has 1 aliphatic heterocycles. The number of carbonyl (C=O) groups excluding carboxylic acids is 3. The van der Waals surface area contributed by atoms with Crippen LogP contribution in [0.4, 0.5) is 4.79 Å². The molecular weight excluding hydrogens is 386 g/mol. The van der Waals surface area contributed by atoms with Gasteiger partial charge in [0.25, 0.3) is 11.8 Å². The highest BCUT2D eigenvalue weighted by Gasteiger charge is 2.36. The van der Waals surface area contributed by atoms with Crippen molar-refractivity contribution in [2.75, 3.05) is 0 Å². The molecule has 2 N–H and O–H groups in total. The summed E-state index contributed by atoms with van der Waals surface area (Å²) in [6.07, 6.45) is 2.92. The Morgan fingerprint density at radius 1 is 1.10 bits per heavy atom. The van der Waals surface area contributed by atoms with Gasteiger partial charge >= 0.3 is 6.03 Å². The van der Waals surface area contributed by atoms with Crippen molar-refractivity contribution in [3.8, 4) is 11.4 Å². The van der Waals surface area contributed by atoms with Crippen molar-refractivity contribution in [3.05, 3.63) is 77.0 Å². The van der Waals surface area contributed by atoms with Crippen LogP contribution in [0.25, 0.3) is 11.8 Å². The Morgan fingerprint density at radius 2 is 1.90 bits per heavy atom. The molecule has 1 aromatic carbocycles. The molecule has 8 nitrogen and oxygen atoms in total. The maximum Gasteiger partial charge on any atom is 0.331 e. The fraction of sp³-hybridized carbons (Fsp3) is 0.136. The number of aromatic hydroxyl groups is 1. The number of nitrogens with zero attached hydrogens (tertiary/aromatic N) is 2. The Kier molecular flexibility index (Phi) is 4.75. The smallest absolute Gasteiger partial charge is 0.331 e. The van der Waals surface area contributed by atoms with E-state index >= 15 is 0 Å². The van der Waals surface area contributed by atoms with Crippen LogP contribution in [0, 0.1) is 13.8 Å². The number of aryl methyl sites for hydroxylation is 1. The van der Waals surface area contributed by atoms with Gasteiger partial charge in [-0.05, 0) is 55.8 Å². The highest BCUT2D eigenvalue weighted by atomic mass is 16.3. The molecule has 30 heavy (non-hydrogen) atoms. The summed E-state index contributed by atoms with van der Waals surface area (Å²) in [4.78, 5) is 38.4. The average Bonchev–Trinajstić information content (AvgIpc) is 3.30. The number of amides is 4. The average molecular weight is 405 g/mol. The Bertz CT molecular complexity index is 1190. The fourth-order valence-corrected chi connectivity index (χ4v) is 3.51. The molecule has 4 amide bonds. The number of phenolic OH excluding ortho intramolecular Hbond substituents is 1. The van der Waals surface area contributed by atoms with Gasteiger partial charge in [-0.3, -0.25) is 19.8 Å². The predicted octanol–water partition coefficient (Wildman–Crippen LogP) is 3.05. The topological polar surface area (TPSA) is 105 Å². The second kappa shape index (κ2) is 7.40. The molecule has 2 aromatic heterocycles. The number of rotatable bonds is 4. The number of benzene rings is 1. The number of nitrogens with one attached hydrogen (secondary N) is 1. The highest BCUT2D eigenvalue weighted by Crippen LogP contribution is 2.26. The van der Waals surface area contributed by atoms with E-state index in [1.54, 1.807) is 30.3 Å². The maximum atomic E-state index is 12.9. The van der Waals surface area contributed by atoms with Crippen molar-refractivity contribution < 1.29 is 23.9 Å². The van der Waals surface area contributed by atoms with E-state index in [0.29, 0.717) is 11.3 Å². The second-order valence-electron chi connectivity index (χ2n) is 6.97. The first-order chi connectivity index (χ1) is 14.3. The number of imide groups is 2. The van der Waals surface area contributed by atoms with E-state index < -0.39 is 17.8 Å². The van der Waals surface area contributed by atoms with Gasteiger partial charge in [-0.2, -0.15) is 0 Å². The molecule has 0 atom stereocenters. The minimum atomic E-state index is -0.788. The van der Waals surface area contributed by atoms with Crippen molar-refractivity contribution in [3.63, 3.8) is 0 Å². The molecule has 0 radical (unpaired) electrons. The fourth-order valence-electron chi connectivity index (χ4n) is 3.51. The number of urea groups is 1. The zero-order chi connectivity index (χ0) is 21.4. The Balaban J connectivity index is 1.71. The summed E-state index contributed by atoms with van der Waals surface area (Å²) in [5.41, 5.74) is 2.90. The van der Waals surface area contributed by atoms with Crippen molar-refractivity contribution in [2.45, 2.75) is 20.4 Å². The van der Waals surface area contributed by atoms with E-state index in [9.17, 15) is 19.5 Å². The number of hydrogen-bond acceptors (Lipinski definition) is 5. The van der Waals surface area contributed by atoms with Crippen LogP contribution in [0.3, 0.4) is 0 Å². The maximum absolute atomic E-state index is 12.9. The molecule has 0 saturated carbocycles. The summed E-state index contributed by atoms with van der Waals surface area (Å²) in [6.45, 7) is 3.65. The lowest BCUT2D eigenvalue weighted by atomic mass is 10.1. The molecule has 0 unspecified atom stereocenters. The Hall–Kier alpha value is -4.07. The number of aromatic nitrogens is 1. The van der Waals surface area contributed by atoms with E-state index in [1.165, 1.54) is 12.3 Å². The van der Waals surface area contributed by atoms with E-state index in [-0.39, 0.29) is 17.9 Å². The van der Waals surface area contributed by atoms with Crippen LogP contribution in [-0.4, -0.2) is 32.4 Å². The van der Waals surface area contributed by atoms with Crippen LogP contribution in [-0.2, 0) is 16.1 Å². The number of carbonyl (C=O) groups is 3. The standard InChI is InChI=1S/C22H19N3O5/c1-13-9-15(14(2)25(13)16-5-3-6-17(26)11-16)10-19-20(27)23-22(29)24(21(19)28)12-18-7-4-8-30-18/h3-11,26H,12H2,1-2H3,(H,23,27,29). The summed E-state index contributed by atoms with van der Waals surface area (Å²) >= 11 is 0. The lowest BCUT2D eigenvalue weighted by Crippen LogP contribution is -2.53. The summed E-state index contributed by atoms with van der Waals surface area (Å²) in [5, 5.41) is 12.0. The molecule has 3 heterocycles. The minimum absolute atomic E-state index is 0.0788. The molecule has 8 heteroatoms. The quantitative estimate of drug-likeness (QED) is 0.513. The number of phenols is 1. The highest BCUT2D eigenvalue weighted by molar-refractivity contribution is 6.31. The third-order valence-electron chi connectivity index (χ3n) is 4.94. The molecule has 152 valence electrons. The Labute approximate surface area is 172 Å². The van der Waals surface area contributed by atoms with Crippen molar-refractivity contribution >= 4 is 23.9 Å². The largest absolute Gasteiger partial charge is 0.508 e. The first-order valence-corrected chi connectivity index (χ1v) is 9.25. The molecule has 0 aliphatic carbocycles. The van der Waals surface area contributed by atoms with Crippen LogP contribution in [0.15, 0.2) is 58.7 Å². The van der Waals surface area contributed by atoms with Crippen molar-refractivity contribution in [2.24, 2.45) is 0 Å². The second-order valence-corrected chi connectivity index (χ2v) is 6.97. The third-order valence-corrected chi connectivity index (χ3v) is 4.94. The minimum Gasteiger partial charge on any atom is -0.508 e. The Morgan fingerprint density at radius 3 is 2.60 bits per heavy atom. The van der Waals surface area contributed by atoms with Gasteiger partial charge < -0.3 is 14.1 Å². The summed E-state index contributed by atoms with van der Waals surface area (Å²) in [5.74, 6) is -0.881. The monoisotopic (exact) mass is 405 g/mol. The zero-order valence-corrected chi connectivity index (χ0v) is 16.4.